The van der Waals surface area contributed by atoms with Crippen LogP contribution in [0, 0.1) is 16.0 Å². The molecule has 2 saturated carbocycles. The summed E-state index contributed by atoms with van der Waals surface area (Å²) in [5.74, 6) is -0.126. The van der Waals surface area contributed by atoms with Crippen LogP contribution in [0.15, 0.2) is 10.2 Å². The Morgan fingerprint density at radius 2 is 1.92 bits per heavy atom. The van der Waals surface area contributed by atoms with E-state index in [4.69, 9.17) is 0 Å². The van der Waals surface area contributed by atoms with Crippen molar-refractivity contribution in [3.8, 4) is 0 Å². The summed E-state index contributed by atoms with van der Waals surface area (Å²) in [5, 5.41) is 29.9. The lowest BCUT2D eigenvalue weighted by Crippen LogP contribution is -2.60. The minimum atomic E-state index is -0.856. The Bertz CT molecular complexity index is 526. The predicted molar refractivity (Wildman–Crippen MR) is 86.2 cm³/mol. The van der Waals surface area contributed by atoms with E-state index in [1.54, 1.807) is 11.9 Å². The number of fused-ring (bicyclic) bond motifs is 1. The zero-order chi connectivity index (χ0) is 17.3. The number of nitrogens with zero attached hydrogens (tertiary/aromatic N) is 4. The maximum atomic E-state index is 12.5. The molecule has 1 saturated heterocycles. The number of amides is 1. The van der Waals surface area contributed by atoms with Crippen molar-refractivity contribution < 1.29 is 14.8 Å². The second-order valence-electron chi connectivity index (χ2n) is 7.39. The van der Waals surface area contributed by atoms with Gasteiger partial charge in [0, 0.05) is 36.8 Å². The minimum Gasteiger partial charge on any atom is -0.390 e. The van der Waals surface area contributed by atoms with Gasteiger partial charge in [0.05, 0.1) is 12.1 Å². The van der Waals surface area contributed by atoms with Crippen molar-refractivity contribution in [2.45, 2.75) is 81.6 Å². The topological polar surface area (TPSA) is 108 Å². The number of rotatable bonds is 3. The van der Waals surface area contributed by atoms with Crippen LogP contribution in [0.5, 0.6) is 0 Å². The van der Waals surface area contributed by atoms with Gasteiger partial charge in [0.2, 0.25) is 6.04 Å². The second-order valence-corrected chi connectivity index (χ2v) is 7.39. The Kier molecular flexibility index (Phi) is 5.12. The van der Waals surface area contributed by atoms with E-state index >= 15 is 0 Å². The lowest BCUT2D eigenvalue weighted by Gasteiger charge is -2.46. The maximum absolute atomic E-state index is 12.5. The standard InChI is InChI=1S/C16H26N4O4/c1-19-13-8-3-2-7-12(13)15(21)14(16(19)22)18-17-10-5-4-6-11(9-10)20(23)24/h10-15,21H,2-9H2,1H3. The van der Waals surface area contributed by atoms with Crippen molar-refractivity contribution in [3.05, 3.63) is 10.1 Å². The summed E-state index contributed by atoms with van der Waals surface area (Å²) in [6.45, 7) is 0. The molecule has 6 unspecified atom stereocenters. The molecule has 1 aliphatic heterocycles. The highest BCUT2D eigenvalue weighted by Gasteiger charge is 2.47. The summed E-state index contributed by atoms with van der Waals surface area (Å²) < 4.78 is 0. The summed E-state index contributed by atoms with van der Waals surface area (Å²) in [4.78, 5) is 25.0. The molecule has 1 amide bonds. The van der Waals surface area contributed by atoms with Gasteiger partial charge in [-0.3, -0.25) is 14.9 Å². The lowest BCUT2D eigenvalue weighted by atomic mass is 9.75. The van der Waals surface area contributed by atoms with Gasteiger partial charge >= 0.3 is 0 Å². The van der Waals surface area contributed by atoms with Crippen molar-refractivity contribution in [2.24, 2.45) is 16.1 Å². The number of azo groups is 1. The van der Waals surface area contributed by atoms with Crippen LogP contribution in [0.4, 0.5) is 0 Å². The highest BCUT2D eigenvalue weighted by Crippen LogP contribution is 2.36. The molecule has 24 heavy (non-hydrogen) atoms. The van der Waals surface area contributed by atoms with Crippen LogP contribution in [-0.4, -0.2) is 58.2 Å². The second kappa shape index (κ2) is 7.13. The van der Waals surface area contributed by atoms with E-state index in [2.05, 4.69) is 10.2 Å². The first-order valence-electron chi connectivity index (χ1n) is 8.97. The van der Waals surface area contributed by atoms with Crippen molar-refractivity contribution in [3.63, 3.8) is 0 Å². The SMILES string of the molecule is CN1C(=O)C(N=NC2CCCC([N+](=O)[O-])C2)C(O)C2CCCCC21. The molecular weight excluding hydrogens is 312 g/mol. The van der Waals surface area contributed by atoms with Gasteiger partial charge in [-0.25, -0.2) is 0 Å². The van der Waals surface area contributed by atoms with E-state index < -0.39 is 18.2 Å². The van der Waals surface area contributed by atoms with Crippen LogP contribution >= 0.6 is 0 Å². The van der Waals surface area contributed by atoms with Gasteiger partial charge < -0.3 is 10.0 Å². The quantitative estimate of drug-likeness (QED) is 0.480. The summed E-state index contributed by atoms with van der Waals surface area (Å²) in [7, 11) is 1.78. The van der Waals surface area contributed by atoms with Crippen molar-refractivity contribution in [1.82, 2.24) is 4.90 Å². The van der Waals surface area contributed by atoms with Crippen LogP contribution < -0.4 is 0 Å². The van der Waals surface area contributed by atoms with Crippen molar-refractivity contribution >= 4 is 5.91 Å². The molecular formula is C16H26N4O4. The monoisotopic (exact) mass is 338 g/mol. The van der Waals surface area contributed by atoms with Crippen LogP contribution in [0.25, 0.3) is 0 Å². The number of likely N-dealkylation sites (tertiary alicyclic amines) is 1. The Labute approximate surface area is 141 Å². The summed E-state index contributed by atoms with van der Waals surface area (Å²) in [5.41, 5.74) is 0. The first-order chi connectivity index (χ1) is 11.5. The van der Waals surface area contributed by atoms with Gasteiger partial charge in [-0.1, -0.05) is 12.8 Å². The molecule has 3 aliphatic rings. The summed E-state index contributed by atoms with van der Waals surface area (Å²) in [6.07, 6.45) is 5.65. The fourth-order valence-electron chi connectivity index (χ4n) is 4.49. The number of nitro groups is 1. The van der Waals surface area contributed by atoms with E-state index in [9.17, 15) is 20.0 Å². The van der Waals surface area contributed by atoms with Gasteiger partial charge in [0.15, 0.2) is 6.04 Å². The molecule has 0 radical (unpaired) electrons. The minimum absolute atomic E-state index is 0.0586. The Hall–Kier alpha value is -1.57. The maximum Gasteiger partial charge on any atom is 0.252 e. The Balaban J connectivity index is 1.69. The first kappa shape index (κ1) is 17.3. The molecule has 8 heteroatoms. The molecule has 6 atom stereocenters. The molecule has 1 heterocycles. The molecule has 0 aromatic heterocycles. The number of aliphatic hydroxyl groups is 1. The molecule has 3 rings (SSSR count). The van der Waals surface area contributed by atoms with Crippen LogP contribution in [0.3, 0.4) is 0 Å². The number of piperidine rings is 1. The third-order valence-corrected chi connectivity index (χ3v) is 5.91. The number of aliphatic hydroxyl groups excluding tert-OH is 1. The van der Waals surface area contributed by atoms with E-state index in [0.29, 0.717) is 12.8 Å². The molecule has 3 fully saturated rings. The average molecular weight is 338 g/mol. The molecule has 0 bridgehead atoms. The molecule has 8 nitrogen and oxygen atoms in total. The third-order valence-electron chi connectivity index (χ3n) is 5.91. The van der Waals surface area contributed by atoms with E-state index in [-0.39, 0.29) is 28.8 Å². The summed E-state index contributed by atoms with van der Waals surface area (Å²) in [6, 6.07) is -1.55. The van der Waals surface area contributed by atoms with Crippen LogP contribution in [0.1, 0.15) is 51.4 Å². The summed E-state index contributed by atoms with van der Waals surface area (Å²) >= 11 is 0. The van der Waals surface area contributed by atoms with E-state index in [0.717, 1.165) is 38.5 Å². The average Bonchev–Trinajstić information content (AvgIpc) is 2.60. The van der Waals surface area contributed by atoms with Crippen molar-refractivity contribution in [2.75, 3.05) is 7.05 Å². The fourth-order valence-corrected chi connectivity index (χ4v) is 4.49. The van der Waals surface area contributed by atoms with Gasteiger partial charge in [-0.2, -0.15) is 10.2 Å². The third kappa shape index (κ3) is 3.29. The highest BCUT2D eigenvalue weighted by molar-refractivity contribution is 5.83. The lowest BCUT2D eigenvalue weighted by molar-refractivity contribution is -0.526. The smallest absolute Gasteiger partial charge is 0.252 e. The Morgan fingerprint density at radius 3 is 2.67 bits per heavy atom. The molecule has 0 aromatic rings. The van der Waals surface area contributed by atoms with Gasteiger partial charge in [-0.15, -0.1) is 0 Å². The number of carbonyl (C=O) groups excluding carboxylic acids is 1. The number of likely N-dealkylation sites (N-methyl/N-ethyl adjacent to an activating group) is 1. The first-order valence-corrected chi connectivity index (χ1v) is 8.97. The molecule has 0 spiro atoms. The van der Waals surface area contributed by atoms with Crippen LogP contribution in [-0.2, 0) is 4.79 Å². The predicted octanol–water partition coefficient (Wildman–Crippen LogP) is 1.79. The van der Waals surface area contributed by atoms with Gasteiger partial charge in [-0.05, 0) is 25.7 Å². The molecule has 1 N–H and O–H groups in total. The van der Waals surface area contributed by atoms with Crippen molar-refractivity contribution in [1.29, 1.82) is 0 Å². The number of carbonyl (C=O) groups is 1. The Morgan fingerprint density at radius 1 is 1.17 bits per heavy atom. The molecule has 0 aromatic carbocycles. The van der Waals surface area contributed by atoms with E-state index in [1.807, 2.05) is 0 Å². The largest absolute Gasteiger partial charge is 0.390 e. The van der Waals surface area contributed by atoms with E-state index in [1.165, 1.54) is 0 Å². The molecule has 2 aliphatic carbocycles. The fraction of sp³-hybridized carbons (Fsp3) is 0.938. The zero-order valence-electron chi connectivity index (χ0n) is 14.1. The molecule has 134 valence electrons. The van der Waals surface area contributed by atoms with Crippen LogP contribution in [0.2, 0.25) is 0 Å². The van der Waals surface area contributed by atoms with Gasteiger partial charge in [0.1, 0.15) is 0 Å². The zero-order valence-corrected chi connectivity index (χ0v) is 14.1. The normalized spacial score (nSPS) is 40.6. The number of hydrogen-bond donors (Lipinski definition) is 1. The highest BCUT2D eigenvalue weighted by atomic mass is 16.6. The van der Waals surface area contributed by atoms with Gasteiger partial charge in [0.25, 0.3) is 5.91 Å². The number of hydrogen-bond acceptors (Lipinski definition) is 6.